The van der Waals surface area contributed by atoms with Gasteiger partial charge >= 0.3 is 5.97 Å². The molecule has 0 saturated carbocycles. The molecule has 346 valence electrons. The van der Waals surface area contributed by atoms with E-state index in [4.69, 9.17) is 4.74 Å². The molecule has 3 atom stereocenters. The van der Waals surface area contributed by atoms with Gasteiger partial charge in [-0.3, -0.25) is 9.59 Å². The van der Waals surface area contributed by atoms with Crippen LogP contribution in [0.3, 0.4) is 0 Å². The van der Waals surface area contributed by atoms with E-state index >= 15 is 0 Å². The second-order valence-electron chi connectivity index (χ2n) is 18.3. The molecule has 0 heterocycles. The lowest BCUT2D eigenvalue weighted by Gasteiger charge is -2.24. The first-order valence-corrected chi connectivity index (χ1v) is 26.3. The lowest BCUT2D eigenvalue weighted by molar-refractivity contribution is -0.151. The van der Waals surface area contributed by atoms with Crippen molar-refractivity contribution < 1.29 is 24.5 Å². The van der Waals surface area contributed by atoms with Gasteiger partial charge in [-0.1, -0.05) is 258 Å². The fourth-order valence-electron chi connectivity index (χ4n) is 8.43. The lowest BCUT2D eigenvalue weighted by Crippen LogP contribution is -2.46. The molecule has 0 aliphatic carbocycles. The molecular weight excluding hydrogens is 719 g/mol. The molecule has 3 N–H and O–H groups in total. The first-order chi connectivity index (χ1) is 28.5. The van der Waals surface area contributed by atoms with Crippen molar-refractivity contribution >= 4 is 11.9 Å². The summed E-state index contributed by atoms with van der Waals surface area (Å²) in [7, 11) is 0. The summed E-state index contributed by atoms with van der Waals surface area (Å²) in [5.74, 6) is -0.454. The number of aliphatic hydroxyl groups excluding tert-OH is 2. The van der Waals surface area contributed by atoms with Gasteiger partial charge in [-0.05, 0) is 25.7 Å². The minimum absolute atomic E-state index is 0.0869. The van der Waals surface area contributed by atoms with Crippen molar-refractivity contribution in [1.29, 1.82) is 0 Å². The molecule has 6 heteroatoms. The highest BCUT2D eigenvalue weighted by atomic mass is 16.5. The molecule has 0 saturated heterocycles. The van der Waals surface area contributed by atoms with E-state index < -0.39 is 18.2 Å². The van der Waals surface area contributed by atoms with Crippen molar-refractivity contribution in [1.82, 2.24) is 5.32 Å². The summed E-state index contributed by atoms with van der Waals surface area (Å²) < 4.78 is 5.93. The Kier molecular flexibility index (Phi) is 46.0. The molecule has 0 aromatic carbocycles. The Bertz CT molecular complexity index is 837. The van der Waals surface area contributed by atoms with E-state index in [0.29, 0.717) is 19.3 Å². The zero-order valence-corrected chi connectivity index (χ0v) is 39.5. The Hall–Kier alpha value is -1.14. The summed E-state index contributed by atoms with van der Waals surface area (Å²) in [4.78, 5) is 26.1. The van der Waals surface area contributed by atoms with E-state index in [-0.39, 0.29) is 24.9 Å². The Labute approximate surface area is 362 Å². The van der Waals surface area contributed by atoms with E-state index in [2.05, 4.69) is 26.1 Å². The van der Waals surface area contributed by atoms with E-state index in [9.17, 15) is 19.8 Å². The Morgan fingerprint density at radius 2 is 0.724 bits per heavy atom. The number of rotatable bonds is 48. The molecule has 0 aromatic rings. The van der Waals surface area contributed by atoms with Crippen molar-refractivity contribution in [3.8, 4) is 0 Å². The molecular formula is C52H103NO5. The van der Waals surface area contributed by atoms with Crippen molar-refractivity contribution in [3.63, 3.8) is 0 Å². The van der Waals surface area contributed by atoms with Crippen LogP contribution < -0.4 is 5.32 Å². The third kappa shape index (κ3) is 41.6. The number of unbranched alkanes of at least 4 members (excludes halogenated alkanes) is 36. The molecule has 6 nitrogen and oxygen atoms in total. The predicted octanol–water partition coefficient (Wildman–Crippen LogP) is 15.6. The van der Waals surface area contributed by atoms with Crippen LogP contribution in [-0.4, -0.2) is 46.9 Å². The van der Waals surface area contributed by atoms with Gasteiger partial charge < -0.3 is 20.3 Å². The molecule has 0 aliphatic rings. The summed E-state index contributed by atoms with van der Waals surface area (Å²) in [5.41, 5.74) is 0. The summed E-state index contributed by atoms with van der Waals surface area (Å²) >= 11 is 0. The SMILES string of the molecule is CCCCCCCCCCCCCCCCCCCCCC(=O)OC(CCCCCCCCCCC)CC(=O)NC(CO)C(O)CCCCCCCCCCCCC. The van der Waals surface area contributed by atoms with E-state index in [1.54, 1.807) is 0 Å². The largest absolute Gasteiger partial charge is 0.462 e. The minimum atomic E-state index is -0.778. The Balaban J connectivity index is 4.35. The van der Waals surface area contributed by atoms with Crippen LogP contribution in [0, 0.1) is 0 Å². The van der Waals surface area contributed by atoms with Crippen LogP contribution in [0.2, 0.25) is 0 Å². The number of esters is 1. The average Bonchev–Trinajstić information content (AvgIpc) is 3.22. The average molecular weight is 822 g/mol. The third-order valence-corrected chi connectivity index (χ3v) is 12.4. The normalized spacial score (nSPS) is 13.1. The maximum atomic E-state index is 13.1. The highest BCUT2D eigenvalue weighted by Gasteiger charge is 2.24. The summed E-state index contributed by atoms with van der Waals surface area (Å²) in [6, 6.07) is -0.691. The van der Waals surface area contributed by atoms with Gasteiger partial charge in [0, 0.05) is 6.42 Å². The molecule has 0 radical (unpaired) electrons. The van der Waals surface area contributed by atoms with Gasteiger partial charge in [0.25, 0.3) is 0 Å². The number of carbonyl (C=O) groups excluding carboxylic acids is 2. The molecule has 1 amide bonds. The smallest absolute Gasteiger partial charge is 0.306 e. The van der Waals surface area contributed by atoms with Crippen molar-refractivity contribution in [2.45, 2.75) is 315 Å². The topological polar surface area (TPSA) is 95.9 Å². The monoisotopic (exact) mass is 822 g/mol. The summed E-state index contributed by atoms with van der Waals surface area (Å²) in [6.45, 7) is 6.49. The molecule has 0 aliphatic heterocycles. The zero-order chi connectivity index (χ0) is 42.4. The highest BCUT2D eigenvalue weighted by molar-refractivity contribution is 5.77. The van der Waals surface area contributed by atoms with Gasteiger partial charge in [0.15, 0.2) is 0 Å². The predicted molar refractivity (Wildman–Crippen MR) is 250 cm³/mol. The van der Waals surface area contributed by atoms with Gasteiger partial charge in [-0.2, -0.15) is 0 Å². The standard InChI is InChI=1S/C52H103NO5/c1-4-7-10-13-16-19-21-22-23-24-25-26-27-28-30-33-36-39-42-45-52(57)58-48(43-40-37-34-31-18-15-12-9-6-3)46-51(56)53-49(47-54)50(55)44-41-38-35-32-29-20-17-14-11-8-5-2/h48-50,54-55H,4-47H2,1-3H3,(H,53,56). The second-order valence-corrected chi connectivity index (χ2v) is 18.3. The van der Waals surface area contributed by atoms with Crippen molar-refractivity contribution in [3.05, 3.63) is 0 Å². The van der Waals surface area contributed by atoms with E-state index in [1.165, 1.54) is 212 Å². The minimum Gasteiger partial charge on any atom is -0.462 e. The van der Waals surface area contributed by atoms with Crippen LogP contribution in [0.15, 0.2) is 0 Å². The molecule has 3 unspecified atom stereocenters. The molecule has 0 rings (SSSR count). The maximum absolute atomic E-state index is 13.1. The Morgan fingerprint density at radius 1 is 0.431 bits per heavy atom. The maximum Gasteiger partial charge on any atom is 0.306 e. The number of hydrogen-bond donors (Lipinski definition) is 3. The zero-order valence-electron chi connectivity index (χ0n) is 39.5. The molecule has 0 bridgehead atoms. The van der Waals surface area contributed by atoms with Crippen LogP contribution in [-0.2, 0) is 14.3 Å². The van der Waals surface area contributed by atoms with Gasteiger partial charge in [-0.15, -0.1) is 0 Å². The number of hydrogen-bond acceptors (Lipinski definition) is 5. The fourth-order valence-corrected chi connectivity index (χ4v) is 8.43. The van der Waals surface area contributed by atoms with E-state index in [1.807, 2.05) is 0 Å². The third-order valence-electron chi connectivity index (χ3n) is 12.4. The van der Waals surface area contributed by atoms with Crippen LogP contribution in [0.5, 0.6) is 0 Å². The quantitative estimate of drug-likeness (QED) is 0.0420. The summed E-state index contributed by atoms with van der Waals surface area (Å²) in [6.07, 6.45) is 50.3. The van der Waals surface area contributed by atoms with Crippen molar-refractivity contribution in [2.75, 3.05) is 6.61 Å². The van der Waals surface area contributed by atoms with Crippen LogP contribution >= 0.6 is 0 Å². The van der Waals surface area contributed by atoms with Gasteiger partial charge in [0.2, 0.25) is 5.91 Å². The summed E-state index contributed by atoms with van der Waals surface area (Å²) in [5, 5.41) is 23.7. The van der Waals surface area contributed by atoms with Crippen LogP contribution in [0.1, 0.15) is 297 Å². The number of amides is 1. The van der Waals surface area contributed by atoms with Gasteiger partial charge in [0.05, 0.1) is 25.2 Å². The number of ether oxygens (including phenoxy) is 1. The molecule has 0 spiro atoms. The number of nitrogens with one attached hydrogen (secondary N) is 1. The first-order valence-electron chi connectivity index (χ1n) is 26.3. The van der Waals surface area contributed by atoms with Crippen LogP contribution in [0.25, 0.3) is 0 Å². The molecule has 0 aromatic heterocycles. The first kappa shape index (κ1) is 56.9. The fraction of sp³-hybridized carbons (Fsp3) is 0.962. The molecule has 0 fully saturated rings. The number of carbonyl (C=O) groups is 2. The highest BCUT2D eigenvalue weighted by Crippen LogP contribution is 2.19. The second kappa shape index (κ2) is 46.9. The van der Waals surface area contributed by atoms with Crippen LogP contribution in [0.4, 0.5) is 0 Å². The van der Waals surface area contributed by atoms with Gasteiger partial charge in [-0.25, -0.2) is 0 Å². The molecule has 58 heavy (non-hydrogen) atoms. The van der Waals surface area contributed by atoms with Crippen molar-refractivity contribution in [2.24, 2.45) is 0 Å². The Morgan fingerprint density at radius 3 is 1.05 bits per heavy atom. The number of aliphatic hydroxyl groups is 2. The lowest BCUT2D eigenvalue weighted by atomic mass is 10.0. The van der Waals surface area contributed by atoms with E-state index in [0.717, 1.165) is 38.5 Å². The van der Waals surface area contributed by atoms with Gasteiger partial charge in [0.1, 0.15) is 6.10 Å².